The highest BCUT2D eigenvalue weighted by molar-refractivity contribution is 5.93. The largest absolute Gasteiger partial charge is 0.493 e. The van der Waals surface area contributed by atoms with Crippen molar-refractivity contribution in [2.24, 2.45) is 0 Å². The summed E-state index contributed by atoms with van der Waals surface area (Å²) < 4.78 is 12.1. The number of methoxy groups -OCH3 is 2. The molecular weight excluding hydrogens is 334 g/mol. The van der Waals surface area contributed by atoms with E-state index in [1.54, 1.807) is 38.3 Å². The lowest BCUT2D eigenvalue weighted by atomic mass is 9.91. The van der Waals surface area contributed by atoms with E-state index >= 15 is 0 Å². The van der Waals surface area contributed by atoms with Crippen LogP contribution in [0.2, 0.25) is 0 Å². The number of likely N-dealkylation sites (tertiary alicyclic amines) is 1. The summed E-state index contributed by atoms with van der Waals surface area (Å²) in [5.41, 5.74) is 1.60. The second-order valence-electron chi connectivity index (χ2n) is 6.22. The molecule has 2 aromatic heterocycles. The number of aromatic nitrogens is 4. The fraction of sp³-hybridized carbons (Fsp3) is 0.333. The van der Waals surface area contributed by atoms with Gasteiger partial charge in [0.1, 0.15) is 11.5 Å². The Morgan fingerprint density at radius 2 is 1.92 bits per heavy atom. The number of aryl methyl sites for hydroxylation is 1. The summed E-state index contributed by atoms with van der Waals surface area (Å²) in [5.74, 6) is 2.62. The van der Waals surface area contributed by atoms with Crippen molar-refractivity contribution in [2.45, 2.75) is 12.8 Å². The van der Waals surface area contributed by atoms with Gasteiger partial charge < -0.3 is 14.4 Å². The van der Waals surface area contributed by atoms with Crippen molar-refractivity contribution in [3.63, 3.8) is 0 Å². The van der Waals surface area contributed by atoms with E-state index in [2.05, 4.69) is 15.1 Å². The molecule has 8 heteroatoms. The molecule has 1 aromatic carbocycles. The molecule has 1 saturated heterocycles. The summed E-state index contributed by atoms with van der Waals surface area (Å²) in [6.45, 7) is 3.07. The molecule has 1 aliphatic heterocycles. The van der Waals surface area contributed by atoms with Crippen LogP contribution in [-0.2, 0) is 0 Å². The molecule has 8 nitrogen and oxygen atoms in total. The molecule has 0 aliphatic carbocycles. The number of carbonyl (C=O) groups is 1. The molecule has 3 heterocycles. The fourth-order valence-corrected chi connectivity index (χ4v) is 3.18. The van der Waals surface area contributed by atoms with Crippen LogP contribution in [0, 0.1) is 6.92 Å². The van der Waals surface area contributed by atoms with Gasteiger partial charge in [-0.05, 0) is 30.7 Å². The number of amides is 1. The van der Waals surface area contributed by atoms with Crippen LogP contribution in [0.3, 0.4) is 0 Å². The number of rotatable bonds is 4. The molecule has 134 valence electrons. The highest BCUT2D eigenvalue weighted by atomic mass is 16.5. The maximum atomic E-state index is 12.8. The van der Waals surface area contributed by atoms with Gasteiger partial charge in [-0.15, -0.1) is 5.10 Å². The van der Waals surface area contributed by atoms with Crippen LogP contribution in [0.25, 0.3) is 5.78 Å². The average molecular weight is 353 g/mol. The van der Waals surface area contributed by atoms with Crippen LogP contribution in [0.4, 0.5) is 0 Å². The Labute approximate surface area is 150 Å². The summed E-state index contributed by atoms with van der Waals surface area (Å²) in [6, 6.07) is 7.55. The van der Waals surface area contributed by atoms with Crippen LogP contribution >= 0.6 is 0 Å². The third kappa shape index (κ3) is 2.63. The lowest BCUT2D eigenvalue weighted by Crippen LogP contribution is -2.49. The Bertz CT molecular complexity index is 978. The van der Waals surface area contributed by atoms with E-state index in [9.17, 15) is 4.79 Å². The minimum Gasteiger partial charge on any atom is -0.493 e. The van der Waals surface area contributed by atoms with Gasteiger partial charge in [0.15, 0.2) is 11.5 Å². The minimum atomic E-state index is -0.0703. The van der Waals surface area contributed by atoms with Gasteiger partial charge in [0, 0.05) is 25.2 Å². The zero-order chi connectivity index (χ0) is 18.3. The van der Waals surface area contributed by atoms with Gasteiger partial charge >= 0.3 is 0 Å². The first kappa shape index (κ1) is 16.3. The third-order valence-electron chi connectivity index (χ3n) is 4.61. The molecule has 0 N–H and O–H groups in total. The van der Waals surface area contributed by atoms with E-state index in [1.165, 1.54) is 4.52 Å². The van der Waals surface area contributed by atoms with Crippen molar-refractivity contribution in [3.05, 3.63) is 47.5 Å². The average Bonchev–Trinajstić information content (AvgIpc) is 3.00. The van der Waals surface area contributed by atoms with Crippen LogP contribution in [0.15, 0.2) is 30.5 Å². The second kappa shape index (κ2) is 6.29. The molecule has 1 amide bonds. The van der Waals surface area contributed by atoms with Crippen molar-refractivity contribution in [1.29, 1.82) is 0 Å². The summed E-state index contributed by atoms with van der Waals surface area (Å²) in [7, 11) is 3.23. The van der Waals surface area contributed by atoms with Gasteiger partial charge in [-0.3, -0.25) is 4.79 Å². The third-order valence-corrected chi connectivity index (χ3v) is 4.61. The van der Waals surface area contributed by atoms with Crippen LogP contribution in [0.5, 0.6) is 11.5 Å². The number of hydrogen-bond donors (Lipinski definition) is 0. The number of benzene rings is 1. The molecule has 0 spiro atoms. The first-order chi connectivity index (χ1) is 12.6. The molecule has 0 unspecified atom stereocenters. The second-order valence-corrected chi connectivity index (χ2v) is 6.22. The standard InChI is InChI=1S/C18H19N5O3/c1-11-20-18-19-7-6-14(23(18)21-11)17(24)22-9-13(10-22)12-4-5-15(25-2)16(8-12)26-3/h4-8,13H,9-10H2,1-3H3. The Balaban J connectivity index is 1.51. The number of ether oxygens (including phenoxy) is 2. The predicted octanol–water partition coefficient (Wildman–Crippen LogP) is 1.69. The summed E-state index contributed by atoms with van der Waals surface area (Å²) >= 11 is 0. The quantitative estimate of drug-likeness (QED) is 0.710. The van der Waals surface area contributed by atoms with Crippen molar-refractivity contribution < 1.29 is 14.3 Å². The van der Waals surface area contributed by atoms with Gasteiger partial charge in [0.2, 0.25) is 0 Å². The van der Waals surface area contributed by atoms with Gasteiger partial charge in [0.05, 0.1) is 14.2 Å². The normalized spacial score (nSPS) is 14.3. The first-order valence-electron chi connectivity index (χ1n) is 8.30. The number of nitrogens with zero attached hydrogens (tertiary/aromatic N) is 5. The lowest BCUT2D eigenvalue weighted by molar-refractivity contribution is 0.0592. The molecule has 4 rings (SSSR count). The topological polar surface area (TPSA) is 81.9 Å². The maximum Gasteiger partial charge on any atom is 0.272 e. The highest BCUT2D eigenvalue weighted by Crippen LogP contribution is 2.34. The Hall–Kier alpha value is -3.16. The van der Waals surface area contributed by atoms with Gasteiger partial charge in [-0.1, -0.05) is 6.07 Å². The molecule has 26 heavy (non-hydrogen) atoms. The Morgan fingerprint density at radius 1 is 1.15 bits per heavy atom. The molecule has 1 fully saturated rings. The molecular formula is C18H19N5O3. The molecule has 0 saturated carbocycles. The van der Waals surface area contributed by atoms with Crippen molar-refractivity contribution in [1.82, 2.24) is 24.5 Å². The number of fused-ring (bicyclic) bond motifs is 1. The van der Waals surface area contributed by atoms with Crippen LogP contribution in [0.1, 0.15) is 27.8 Å². The van der Waals surface area contributed by atoms with Gasteiger partial charge in [-0.25, -0.2) is 4.98 Å². The zero-order valence-electron chi connectivity index (χ0n) is 14.8. The molecule has 3 aromatic rings. The van der Waals surface area contributed by atoms with E-state index in [0.717, 1.165) is 5.56 Å². The van der Waals surface area contributed by atoms with E-state index < -0.39 is 0 Å². The Morgan fingerprint density at radius 3 is 2.65 bits per heavy atom. The summed E-state index contributed by atoms with van der Waals surface area (Å²) in [6.07, 6.45) is 1.59. The van der Waals surface area contributed by atoms with Crippen LogP contribution < -0.4 is 9.47 Å². The van der Waals surface area contributed by atoms with E-state index in [-0.39, 0.29) is 11.8 Å². The molecule has 0 bridgehead atoms. The smallest absolute Gasteiger partial charge is 0.272 e. The first-order valence-corrected chi connectivity index (χ1v) is 8.30. The molecule has 0 atom stereocenters. The van der Waals surface area contributed by atoms with Gasteiger partial charge in [-0.2, -0.15) is 9.50 Å². The SMILES string of the molecule is COc1ccc(C2CN(C(=O)c3ccnc4nc(C)nn34)C2)cc1OC. The van der Waals surface area contributed by atoms with E-state index in [0.29, 0.717) is 41.9 Å². The molecule has 1 aliphatic rings. The monoisotopic (exact) mass is 353 g/mol. The summed E-state index contributed by atoms with van der Waals surface area (Å²) in [4.78, 5) is 23.0. The fourth-order valence-electron chi connectivity index (χ4n) is 3.18. The lowest BCUT2D eigenvalue weighted by Gasteiger charge is -2.39. The van der Waals surface area contributed by atoms with E-state index in [4.69, 9.17) is 9.47 Å². The highest BCUT2D eigenvalue weighted by Gasteiger charge is 2.34. The van der Waals surface area contributed by atoms with Crippen LogP contribution in [-0.4, -0.2) is 57.7 Å². The summed E-state index contributed by atoms with van der Waals surface area (Å²) in [5, 5.41) is 4.26. The predicted molar refractivity (Wildman–Crippen MR) is 93.7 cm³/mol. The minimum absolute atomic E-state index is 0.0703. The van der Waals surface area contributed by atoms with Gasteiger partial charge in [0.25, 0.3) is 11.7 Å². The van der Waals surface area contributed by atoms with E-state index in [1.807, 2.05) is 18.2 Å². The van der Waals surface area contributed by atoms with Crippen molar-refractivity contribution >= 4 is 11.7 Å². The van der Waals surface area contributed by atoms with Crippen molar-refractivity contribution in [2.75, 3.05) is 27.3 Å². The number of carbonyl (C=O) groups excluding carboxylic acids is 1. The maximum absolute atomic E-state index is 12.8. The molecule has 0 radical (unpaired) electrons. The number of hydrogen-bond acceptors (Lipinski definition) is 6. The zero-order valence-corrected chi connectivity index (χ0v) is 14.8. The van der Waals surface area contributed by atoms with Crippen molar-refractivity contribution in [3.8, 4) is 11.5 Å². The Kier molecular flexibility index (Phi) is 3.95.